The van der Waals surface area contributed by atoms with Crippen molar-refractivity contribution in [3.05, 3.63) is 0 Å². The molecule has 0 atom stereocenters. The van der Waals surface area contributed by atoms with E-state index in [1.807, 2.05) is 0 Å². The van der Waals surface area contributed by atoms with E-state index in [1.165, 1.54) is 0 Å². The number of rotatable bonds is 17. The highest BCUT2D eigenvalue weighted by Crippen LogP contribution is 2.30. The predicted octanol–water partition coefficient (Wildman–Crippen LogP) is -0.0644. The van der Waals surface area contributed by atoms with Crippen LogP contribution in [-0.2, 0) is 28.4 Å². The van der Waals surface area contributed by atoms with Gasteiger partial charge in [-0.3, -0.25) is 0 Å². The monoisotopic (exact) mass is 365 g/mol. The van der Waals surface area contributed by atoms with Crippen molar-refractivity contribution < 1.29 is 38.3 Å². The fourth-order valence-corrected chi connectivity index (χ4v) is 2.27. The number of aliphatic hydroxyl groups is 1. The topological polar surface area (TPSA) is 119 Å². The maximum absolute atomic E-state index is 10.5. The fourth-order valence-electron chi connectivity index (χ4n) is 2.27. The normalized spacial score (nSPS) is 19.6. The number of carbonyl (C=O) groups is 1. The Hall–Kier alpha value is -0.970. The van der Waals surface area contributed by atoms with Crippen LogP contribution in [0.1, 0.15) is 12.8 Å². The van der Waals surface area contributed by atoms with Gasteiger partial charge < -0.3 is 39.3 Å². The SMILES string of the molecule is NC(=O)OC1CC(COCCOCCOCCOCCOCCO)C1. The Kier molecular flexibility index (Phi) is 13.5. The predicted molar refractivity (Wildman–Crippen MR) is 88.4 cm³/mol. The van der Waals surface area contributed by atoms with Crippen molar-refractivity contribution in [2.24, 2.45) is 11.7 Å². The van der Waals surface area contributed by atoms with Crippen LogP contribution >= 0.6 is 0 Å². The molecular formula is C16H31NO8. The second-order valence-electron chi connectivity index (χ2n) is 5.64. The first-order valence-corrected chi connectivity index (χ1v) is 8.68. The standard InChI is InChI=1S/C16H31NO8/c17-16(19)25-15-11-14(12-15)13-24-10-9-23-8-7-22-6-5-21-4-3-20-2-1-18/h14-15,18H,1-13H2,(H2,17,19). The highest BCUT2D eigenvalue weighted by molar-refractivity contribution is 5.64. The van der Waals surface area contributed by atoms with E-state index in [0.29, 0.717) is 72.0 Å². The van der Waals surface area contributed by atoms with E-state index in [-0.39, 0.29) is 12.7 Å². The Labute approximate surface area is 148 Å². The Balaban J connectivity index is 1.68. The maximum Gasteiger partial charge on any atom is 0.404 e. The molecule has 0 heterocycles. The van der Waals surface area contributed by atoms with Crippen molar-refractivity contribution in [1.82, 2.24) is 0 Å². The van der Waals surface area contributed by atoms with E-state index in [9.17, 15) is 4.79 Å². The van der Waals surface area contributed by atoms with E-state index in [1.54, 1.807) is 0 Å². The average Bonchev–Trinajstić information content (AvgIpc) is 2.55. The number of carbonyl (C=O) groups excluding carboxylic acids is 1. The highest BCUT2D eigenvalue weighted by Gasteiger charge is 2.31. The van der Waals surface area contributed by atoms with Gasteiger partial charge in [-0.1, -0.05) is 0 Å². The molecule has 0 aliphatic heterocycles. The molecule has 0 bridgehead atoms. The summed E-state index contributed by atoms with van der Waals surface area (Å²) in [5.74, 6) is 0.432. The third kappa shape index (κ3) is 13.0. The van der Waals surface area contributed by atoms with Crippen LogP contribution in [0.2, 0.25) is 0 Å². The molecule has 0 aromatic heterocycles. The lowest BCUT2D eigenvalue weighted by atomic mass is 9.83. The fraction of sp³-hybridized carbons (Fsp3) is 0.938. The van der Waals surface area contributed by atoms with E-state index < -0.39 is 6.09 Å². The molecule has 0 aromatic carbocycles. The average molecular weight is 365 g/mol. The molecule has 9 nitrogen and oxygen atoms in total. The molecule has 9 heteroatoms. The summed E-state index contributed by atoms with van der Waals surface area (Å²) in [6, 6.07) is 0. The smallest absolute Gasteiger partial charge is 0.404 e. The lowest BCUT2D eigenvalue weighted by Crippen LogP contribution is -2.37. The molecular weight excluding hydrogens is 334 g/mol. The van der Waals surface area contributed by atoms with Crippen LogP contribution in [-0.4, -0.2) is 90.0 Å². The van der Waals surface area contributed by atoms with Gasteiger partial charge in [0.15, 0.2) is 0 Å². The molecule has 0 unspecified atom stereocenters. The van der Waals surface area contributed by atoms with Crippen LogP contribution in [0.5, 0.6) is 0 Å². The number of aliphatic hydroxyl groups excluding tert-OH is 1. The molecule has 1 saturated carbocycles. The van der Waals surface area contributed by atoms with E-state index in [4.69, 9.17) is 39.3 Å². The summed E-state index contributed by atoms with van der Waals surface area (Å²) in [6.45, 7) is 5.09. The molecule has 1 aliphatic rings. The van der Waals surface area contributed by atoms with Gasteiger partial charge in [0, 0.05) is 6.61 Å². The molecule has 0 aromatic rings. The van der Waals surface area contributed by atoms with E-state index in [2.05, 4.69) is 0 Å². The summed E-state index contributed by atoms with van der Waals surface area (Å²) in [7, 11) is 0. The number of nitrogens with two attached hydrogens (primary N) is 1. The lowest BCUT2D eigenvalue weighted by molar-refractivity contribution is -0.0371. The first-order valence-electron chi connectivity index (χ1n) is 8.68. The number of amides is 1. The molecule has 1 aliphatic carbocycles. The van der Waals surface area contributed by atoms with Crippen LogP contribution in [0.4, 0.5) is 4.79 Å². The van der Waals surface area contributed by atoms with Gasteiger partial charge in [-0.25, -0.2) is 4.79 Å². The van der Waals surface area contributed by atoms with Crippen LogP contribution in [0.15, 0.2) is 0 Å². The summed E-state index contributed by atoms with van der Waals surface area (Å²) >= 11 is 0. The van der Waals surface area contributed by atoms with Crippen LogP contribution in [0.25, 0.3) is 0 Å². The van der Waals surface area contributed by atoms with Crippen LogP contribution in [0, 0.1) is 5.92 Å². The molecule has 1 amide bonds. The first kappa shape index (κ1) is 22.1. The van der Waals surface area contributed by atoms with Crippen molar-refractivity contribution in [1.29, 1.82) is 0 Å². The molecule has 1 rings (SSSR count). The summed E-state index contributed by atoms with van der Waals surface area (Å²) < 4.78 is 31.4. The first-order chi connectivity index (χ1) is 12.2. The summed E-state index contributed by atoms with van der Waals surface area (Å²) in [5, 5.41) is 8.51. The van der Waals surface area contributed by atoms with Gasteiger partial charge in [0.2, 0.25) is 0 Å². The zero-order chi connectivity index (χ0) is 18.2. The quantitative estimate of drug-likeness (QED) is 0.344. The van der Waals surface area contributed by atoms with Crippen molar-refractivity contribution in [2.45, 2.75) is 18.9 Å². The van der Waals surface area contributed by atoms with Gasteiger partial charge in [-0.2, -0.15) is 0 Å². The Morgan fingerprint density at radius 2 is 1.24 bits per heavy atom. The van der Waals surface area contributed by atoms with Gasteiger partial charge >= 0.3 is 6.09 Å². The summed E-state index contributed by atoms with van der Waals surface area (Å²) in [5.41, 5.74) is 4.95. The Morgan fingerprint density at radius 1 is 0.800 bits per heavy atom. The van der Waals surface area contributed by atoms with Crippen molar-refractivity contribution in [3.63, 3.8) is 0 Å². The maximum atomic E-state index is 10.5. The van der Waals surface area contributed by atoms with Gasteiger partial charge in [0.25, 0.3) is 0 Å². The zero-order valence-corrected chi connectivity index (χ0v) is 14.7. The Morgan fingerprint density at radius 3 is 1.68 bits per heavy atom. The molecule has 0 spiro atoms. The number of hydrogen-bond acceptors (Lipinski definition) is 8. The Bertz CT molecular complexity index is 325. The third-order valence-electron chi connectivity index (χ3n) is 3.55. The molecule has 0 radical (unpaired) electrons. The summed E-state index contributed by atoms with van der Waals surface area (Å²) in [4.78, 5) is 10.5. The molecule has 1 fully saturated rings. The molecule has 3 N–H and O–H groups in total. The van der Waals surface area contributed by atoms with Gasteiger partial charge in [0.05, 0.1) is 66.1 Å². The number of hydrogen-bond donors (Lipinski definition) is 2. The summed E-state index contributed by atoms with van der Waals surface area (Å²) in [6.07, 6.45) is 0.871. The molecule has 148 valence electrons. The number of primary amides is 1. The van der Waals surface area contributed by atoms with E-state index >= 15 is 0 Å². The second-order valence-corrected chi connectivity index (χ2v) is 5.64. The lowest BCUT2D eigenvalue weighted by Gasteiger charge is -2.33. The molecule has 25 heavy (non-hydrogen) atoms. The van der Waals surface area contributed by atoms with Crippen LogP contribution in [0.3, 0.4) is 0 Å². The van der Waals surface area contributed by atoms with Gasteiger partial charge in [0.1, 0.15) is 6.10 Å². The minimum atomic E-state index is -0.710. The minimum Gasteiger partial charge on any atom is -0.446 e. The van der Waals surface area contributed by atoms with Crippen molar-refractivity contribution >= 4 is 6.09 Å². The van der Waals surface area contributed by atoms with Crippen molar-refractivity contribution in [2.75, 3.05) is 72.7 Å². The zero-order valence-electron chi connectivity index (χ0n) is 14.7. The van der Waals surface area contributed by atoms with Gasteiger partial charge in [-0.15, -0.1) is 0 Å². The second kappa shape index (κ2) is 15.3. The van der Waals surface area contributed by atoms with E-state index in [0.717, 1.165) is 12.8 Å². The largest absolute Gasteiger partial charge is 0.446 e. The minimum absolute atomic E-state index is 0.0289. The van der Waals surface area contributed by atoms with Crippen LogP contribution < -0.4 is 5.73 Å². The highest BCUT2D eigenvalue weighted by atomic mass is 16.6. The molecule has 0 saturated heterocycles. The third-order valence-corrected chi connectivity index (χ3v) is 3.55. The number of ether oxygens (including phenoxy) is 6. The van der Waals surface area contributed by atoms with Gasteiger partial charge in [-0.05, 0) is 18.8 Å². The van der Waals surface area contributed by atoms with Crippen molar-refractivity contribution in [3.8, 4) is 0 Å².